The summed E-state index contributed by atoms with van der Waals surface area (Å²) in [6.07, 6.45) is 0. The van der Waals surface area contributed by atoms with Crippen molar-refractivity contribution in [1.82, 2.24) is 0 Å². The summed E-state index contributed by atoms with van der Waals surface area (Å²) in [6, 6.07) is 29.0. The number of aromatic hydroxyl groups is 6. The molecule has 0 heterocycles. The first-order valence-corrected chi connectivity index (χ1v) is 18.5. The van der Waals surface area contributed by atoms with E-state index >= 15 is 0 Å². The lowest BCUT2D eigenvalue weighted by Crippen LogP contribution is -2.26. The second kappa shape index (κ2) is 15.1. The highest BCUT2D eigenvalue weighted by Gasteiger charge is 2.35. The fraction of sp³-hybridized carbons (Fsp3) is 0.265. The molecule has 0 fully saturated rings. The normalized spacial score (nSPS) is 11.6. The van der Waals surface area contributed by atoms with Gasteiger partial charge in [0.25, 0.3) is 0 Å². The number of phenols is 6. The average molecular weight is 739 g/mol. The highest BCUT2D eigenvalue weighted by atomic mass is 16.3. The van der Waals surface area contributed by atoms with Crippen LogP contribution in [0.15, 0.2) is 91.0 Å². The lowest BCUT2D eigenvalue weighted by molar-refractivity contribution is 0.464. The van der Waals surface area contributed by atoms with E-state index in [1.165, 1.54) is 0 Å². The quantitative estimate of drug-likeness (QED) is 0.0946. The monoisotopic (exact) mass is 738 g/mol. The highest BCUT2D eigenvalue weighted by molar-refractivity contribution is 5.60. The Morgan fingerprint density at radius 2 is 0.455 bits per heavy atom. The highest BCUT2D eigenvalue weighted by Crippen LogP contribution is 2.45. The maximum Gasteiger partial charge on any atom is 0.121 e. The standard InChI is InChI=1S/C26H30O3.C23H24O3/c1-14-8-20(9-15(2)23(14)27)26(7,21-10-16(3)24(28)17(4)11-21)22-12-18(5)25(29)19(6)13-22;1-14-11-17(5-8-20(14)24)23(4,18-6-9-21(25)15(2)12-18)19-7-10-22(26)16(3)13-19/h8-13,27-29H,1-7H3;5-13,24-26H,1-4H3. The maximum absolute atomic E-state index is 10.3. The Morgan fingerprint density at radius 3 is 0.655 bits per heavy atom. The maximum atomic E-state index is 10.3. The zero-order chi connectivity index (χ0) is 40.7. The van der Waals surface area contributed by atoms with Crippen LogP contribution in [0.2, 0.25) is 0 Å². The Balaban J connectivity index is 0.000000212. The van der Waals surface area contributed by atoms with Crippen molar-refractivity contribution < 1.29 is 30.6 Å². The molecule has 0 aliphatic heterocycles. The molecule has 0 atom stereocenters. The third-order valence-electron chi connectivity index (χ3n) is 11.5. The molecule has 0 aliphatic rings. The fourth-order valence-electron chi connectivity index (χ4n) is 7.63. The molecule has 0 bridgehead atoms. The Labute approximate surface area is 325 Å². The number of rotatable bonds is 6. The van der Waals surface area contributed by atoms with Crippen LogP contribution in [0.3, 0.4) is 0 Å². The van der Waals surface area contributed by atoms with Gasteiger partial charge in [-0.05, 0) is 178 Å². The van der Waals surface area contributed by atoms with Gasteiger partial charge in [-0.1, -0.05) is 72.8 Å². The molecule has 0 saturated carbocycles. The molecule has 0 aliphatic carbocycles. The molecule has 0 amide bonds. The molecule has 0 spiro atoms. The van der Waals surface area contributed by atoms with Crippen LogP contribution in [0.4, 0.5) is 0 Å². The van der Waals surface area contributed by atoms with Crippen LogP contribution >= 0.6 is 0 Å². The number of benzene rings is 6. The van der Waals surface area contributed by atoms with Gasteiger partial charge in [-0.15, -0.1) is 0 Å². The minimum Gasteiger partial charge on any atom is -0.508 e. The Morgan fingerprint density at radius 1 is 0.273 bits per heavy atom. The van der Waals surface area contributed by atoms with E-state index in [9.17, 15) is 30.6 Å². The summed E-state index contributed by atoms with van der Waals surface area (Å²) in [6.45, 7) is 21.4. The first-order valence-electron chi connectivity index (χ1n) is 18.5. The zero-order valence-electron chi connectivity index (χ0n) is 33.8. The summed E-state index contributed by atoms with van der Waals surface area (Å²) < 4.78 is 0. The fourth-order valence-corrected chi connectivity index (χ4v) is 7.63. The van der Waals surface area contributed by atoms with Gasteiger partial charge < -0.3 is 30.6 Å². The predicted octanol–water partition coefficient (Wildman–Crippen LogP) is 11.1. The van der Waals surface area contributed by atoms with Crippen LogP contribution in [-0.4, -0.2) is 30.6 Å². The van der Waals surface area contributed by atoms with E-state index in [0.717, 1.165) is 83.5 Å². The third-order valence-corrected chi connectivity index (χ3v) is 11.5. The van der Waals surface area contributed by atoms with E-state index in [4.69, 9.17) is 0 Å². The third kappa shape index (κ3) is 7.46. The molecular weight excluding hydrogens is 685 g/mol. The van der Waals surface area contributed by atoms with Crippen LogP contribution in [0, 0.1) is 62.3 Å². The van der Waals surface area contributed by atoms with Crippen molar-refractivity contribution in [2.24, 2.45) is 0 Å². The molecule has 6 heteroatoms. The summed E-state index contributed by atoms with van der Waals surface area (Å²) in [5.41, 5.74) is 12.6. The van der Waals surface area contributed by atoms with Gasteiger partial charge in [0, 0.05) is 10.8 Å². The number of aryl methyl sites for hydroxylation is 9. The summed E-state index contributed by atoms with van der Waals surface area (Å²) in [4.78, 5) is 0. The number of hydrogen-bond acceptors (Lipinski definition) is 6. The first-order chi connectivity index (χ1) is 25.7. The van der Waals surface area contributed by atoms with Crippen LogP contribution in [0.5, 0.6) is 34.5 Å². The van der Waals surface area contributed by atoms with E-state index < -0.39 is 10.8 Å². The Bertz CT molecular complexity index is 2090. The van der Waals surface area contributed by atoms with Crippen molar-refractivity contribution in [3.05, 3.63) is 174 Å². The molecule has 6 N–H and O–H groups in total. The minimum absolute atomic E-state index is 0.264. The van der Waals surface area contributed by atoms with E-state index in [1.54, 1.807) is 18.2 Å². The average Bonchev–Trinajstić information content (AvgIpc) is 3.14. The van der Waals surface area contributed by atoms with Gasteiger partial charge in [0.1, 0.15) is 34.5 Å². The van der Waals surface area contributed by atoms with Gasteiger partial charge in [0.05, 0.1) is 0 Å². The molecule has 55 heavy (non-hydrogen) atoms. The second-order valence-electron chi connectivity index (χ2n) is 15.6. The molecule has 0 saturated heterocycles. The van der Waals surface area contributed by atoms with Crippen LogP contribution in [0.25, 0.3) is 0 Å². The van der Waals surface area contributed by atoms with Gasteiger partial charge in [-0.2, -0.15) is 0 Å². The molecule has 6 rings (SSSR count). The zero-order valence-corrected chi connectivity index (χ0v) is 33.8. The minimum atomic E-state index is -0.532. The predicted molar refractivity (Wildman–Crippen MR) is 222 cm³/mol. The molecule has 6 nitrogen and oxygen atoms in total. The van der Waals surface area contributed by atoms with E-state index in [-0.39, 0.29) is 17.2 Å². The van der Waals surface area contributed by atoms with E-state index in [2.05, 4.69) is 13.8 Å². The van der Waals surface area contributed by atoms with Gasteiger partial charge in [0.15, 0.2) is 0 Å². The van der Waals surface area contributed by atoms with Crippen molar-refractivity contribution >= 4 is 0 Å². The Kier molecular flexibility index (Phi) is 11.1. The van der Waals surface area contributed by atoms with Crippen molar-refractivity contribution in [1.29, 1.82) is 0 Å². The van der Waals surface area contributed by atoms with Crippen molar-refractivity contribution in [3.8, 4) is 34.5 Å². The topological polar surface area (TPSA) is 121 Å². The SMILES string of the molecule is Cc1cc(C(C)(c2cc(C)c(O)c(C)c2)c2cc(C)c(O)c(C)c2)cc(C)c1O.Cc1cc(C(C)(c2ccc(O)c(C)c2)c2ccc(O)c(C)c2)ccc1O. The van der Waals surface area contributed by atoms with E-state index in [1.807, 2.05) is 135 Å². The Hall–Kier alpha value is -5.88. The molecule has 6 aromatic carbocycles. The number of phenolic OH excluding ortho intramolecular Hbond substituents is 6. The molecule has 0 aromatic heterocycles. The summed E-state index contributed by atoms with van der Waals surface area (Å²) in [7, 11) is 0. The van der Waals surface area contributed by atoms with Gasteiger partial charge in [0.2, 0.25) is 0 Å². The van der Waals surface area contributed by atoms with Gasteiger partial charge in [-0.25, -0.2) is 0 Å². The first kappa shape index (κ1) is 40.3. The van der Waals surface area contributed by atoms with Crippen molar-refractivity contribution in [2.75, 3.05) is 0 Å². The van der Waals surface area contributed by atoms with Crippen LogP contribution < -0.4 is 0 Å². The summed E-state index contributed by atoms with van der Waals surface area (Å²) in [5, 5.41) is 60.8. The lowest BCUT2D eigenvalue weighted by Gasteiger charge is -2.34. The molecule has 0 radical (unpaired) electrons. The smallest absolute Gasteiger partial charge is 0.121 e. The molecule has 0 unspecified atom stereocenters. The molecular formula is C49H54O6. The lowest BCUT2D eigenvalue weighted by atomic mass is 9.69. The molecule has 6 aromatic rings. The van der Waals surface area contributed by atoms with Gasteiger partial charge >= 0.3 is 0 Å². The summed E-state index contributed by atoms with van der Waals surface area (Å²) >= 11 is 0. The second-order valence-corrected chi connectivity index (χ2v) is 15.6. The number of hydrogen-bond donors (Lipinski definition) is 6. The van der Waals surface area contributed by atoms with Crippen LogP contribution in [-0.2, 0) is 10.8 Å². The van der Waals surface area contributed by atoms with Crippen LogP contribution in [0.1, 0.15) is 97.3 Å². The largest absolute Gasteiger partial charge is 0.508 e. The summed E-state index contributed by atoms with van der Waals surface area (Å²) in [5.74, 6) is 1.73. The molecule has 286 valence electrons. The van der Waals surface area contributed by atoms with E-state index in [0.29, 0.717) is 17.2 Å². The van der Waals surface area contributed by atoms with Crippen molar-refractivity contribution in [2.45, 2.75) is 87.0 Å². The van der Waals surface area contributed by atoms with Gasteiger partial charge in [-0.3, -0.25) is 0 Å². The van der Waals surface area contributed by atoms with Crippen molar-refractivity contribution in [3.63, 3.8) is 0 Å².